The van der Waals surface area contributed by atoms with E-state index in [1.54, 1.807) is 0 Å². The molecule has 2 rings (SSSR count). The maximum absolute atomic E-state index is 11.1. The number of amidine groups is 1. The summed E-state index contributed by atoms with van der Waals surface area (Å²) < 4.78 is 17.5. The number of nitrogens with one attached hydrogen (secondary N) is 1. The fourth-order valence-corrected chi connectivity index (χ4v) is 1.90. The summed E-state index contributed by atoms with van der Waals surface area (Å²) in [6.07, 6.45) is 0. The average molecular weight is 195 g/mol. The Balaban J connectivity index is 2.60. The first-order chi connectivity index (χ1) is 6.16. The van der Waals surface area contributed by atoms with E-state index in [1.807, 2.05) is 25.1 Å². The summed E-state index contributed by atoms with van der Waals surface area (Å²) in [4.78, 5) is 0. The second kappa shape index (κ2) is 2.85. The molecule has 3 N–H and O–H groups in total. The van der Waals surface area contributed by atoms with Gasteiger partial charge in [-0.05, 0) is 24.6 Å². The molecule has 0 spiro atoms. The van der Waals surface area contributed by atoms with Crippen LogP contribution < -0.4 is 10.5 Å². The molecule has 0 saturated heterocycles. The summed E-state index contributed by atoms with van der Waals surface area (Å²) >= 11 is -1.43. The Kier molecular flexibility index (Phi) is 1.81. The first-order valence-electron chi connectivity index (χ1n) is 3.80. The zero-order valence-corrected chi connectivity index (χ0v) is 7.89. The van der Waals surface area contributed by atoms with E-state index in [0.717, 1.165) is 16.8 Å². The normalized spacial score (nSPS) is 20.1. The average Bonchev–Trinajstić information content (AvgIpc) is 2.02. The predicted molar refractivity (Wildman–Crippen MR) is 53.7 cm³/mol. The number of benzene rings is 1. The second-order valence-electron chi connectivity index (χ2n) is 2.88. The van der Waals surface area contributed by atoms with Crippen molar-refractivity contribution in [2.24, 2.45) is 10.1 Å². The Morgan fingerprint density at radius 1 is 1.54 bits per heavy atom. The molecule has 1 aromatic carbocycles. The van der Waals surface area contributed by atoms with Crippen molar-refractivity contribution in [2.75, 3.05) is 4.72 Å². The van der Waals surface area contributed by atoms with Crippen molar-refractivity contribution >= 4 is 22.7 Å². The number of fused-ring (bicyclic) bond motifs is 1. The van der Waals surface area contributed by atoms with Crippen LogP contribution in [0.1, 0.15) is 11.1 Å². The van der Waals surface area contributed by atoms with Crippen LogP contribution in [0.3, 0.4) is 0 Å². The molecule has 0 aromatic heterocycles. The smallest absolute Gasteiger partial charge is 0.244 e. The van der Waals surface area contributed by atoms with Crippen molar-refractivity contribution in [3.63, 3.8) is 0 Å². The Labute approximate surface area is 78.6 Å². The van der Waals surface area contributed by atoms with E-state index < -0.39 is 11.2 Å². The number of nitrogens with two attached hydrogens (primary N) is 1. The van der Waals surface area contributed by atoms with E-state index in [4.69, 9.17) is 5.73 Å². The highest BCUT2D eigenvalue weighted by Crippen LogP contribution is 2.21. The molecule has 0 fully saturated rings. The summed E-state index contributed by atoms with van der Waals surface area (Å²) in [5.41, 5.74) is 8.29. The van der Waals surface area contributed by atoms with E-state index in [-0.39, 0.29) is 0 Å². The molecular formula is C8H9N3OS. The molecule has 4 nitrogen and oxygen atoms in total. The van der Waals surface area contributed by atoms with Gasteiger partial charge in [-0.15, -0.1) is 0 Å². The monoisotopic (exact) mass is 195 g/mol. The number of anilines is 1. The Bertz CT molecular complexity index is 414. The number of hydrogen-bond donors (Lipinski definition) is 2. The third-order valence-corrected chi connectivity index (χ3v) is 2.59. The highest BCUT2D eigenvalue weighted by molar-refractivity contribution is 7.85. The first-order valence-corrected chi connectivity index (χ1v) is 4.91. The highest BCUT2D eigenvalue weighted by atomic mass is 32.2. The summed E-state index contributed by atoms with van der Waals surface area (Å²) in [5.74, 6) is 0.326. The van der Waals surface area contributed by atoms with Gasteiger partial charge in [-0.3, -0.25) is 4.72 Å². The van der Waals surface area contributed by atoms with Crippen molar-refractivity contribution in [3.8, 4) is 0 Å². The van der Waals surface area contributed by atoms with Gasteiger partial charge in [-0.2, -0.15) is 4.40 Å². The summed E-state index contributed by atoms with van der Waals surface area (Å²) in [5, 5.41) is 0. The van der Waals surface area contributed by atoms with Crippen LogP contribution in [0.2, 0.25) is 0 Å². The number of nitrogens with zero attached hydrogens (tertiary/aromatic N) is 1. The third-order valence-electron chi connectivity index (χ3n) is 1.83. The van der Waals surface area contributed by atoms with Crippen LogP contribution in [0, 0.1) is 6.92 Å². The van der Waals surface area contributed by atoms with Crippen molar-refractivity contribution in [2.45, 2.75) is 6.92 Å². The van der Waals surface area contributed by atoms with Crippen molar-refractivity contribution < 1.29 is 4.21 Å². The maximum Gasteiger partial charge on any atom is 0.244 e. The standard InChI is InChI=1S/C8H9N3OS/c1-5-2-3-6-7(4-5)10-13(12)11-8(6)9/h2-4,10H,1H3,(H2,9,11). The minimum atomic E-state index is -1.43. The molecule has 1 aliphatic heterocycles. The molecular weight excluding hydrogens is 186 g/mol. The van der Waals surface area contributed by atoms with Gasteiger partial charge in [-0.1, -0.05) is 6.07 Å². The SMILES string of the molecule is Cc1ccc2c(c1)NS(=O)N=C2N. The van der Waals surface area contributed by atoms with Gasteiger partial charge < -0.3 is 5.73 Å². The Hall–Kier alpha value is -1.36. The van der Waals surface area contributed by atoms with Gasteiger partial charge in [0.1, 0.15) is 5.84 Å². The number of aryl methyl sites for hydroxylation is 1. The van der Waals surface area contributed by atoms with Crippen molar-refractivity contribution in [1.82, 2.24) is 0 Å². The summed E-state index contributed by atoms with van der Waals surface area (Å²) in [7, 11) is 0. The van der Waals surface area contributed by atoms with Gasteiger partial charge in [0, 0.05) is 5.56 Å². The van der Waals surface area contributed by atoms with Crippen LogP contribution in [-0.4, -0.2) is 10.0 Å². The predicted octanol–water partition coefficient (Wildman–Crippen LogP) is 0.705. The van der Waals surface area contributed by atoms with Crippen LogP contribution in [0.4, 0.5) is 5.69 Å². The lowest BCUT2D eigenvalue weighted by Gasteiger charge is -2.14. The summed E-state index contributed by atoms with van der Waals surface area (Å²) in [6.45, 7) is 1.97. The van der Waals surface area contributed by atoms with Crippen molar-refractivity contribution in [3.05, 3.63) is 29.3 Å². The molecule has 68 valence electrons. The van der Waals surface area contributed by atoms with Gasteiger partial charge in [0.05, 0.1) is 5.69 Å². The zero-order valence-electron chi connectivity index (χ0n) is 7.07. The topological polar surface area (TPSA) is 67.5 Å². The molecule has 13 heavy (non-hydrogen) atoms. The van der Waals surface area contributed by atoms with Gasteiger partial charge in [-0.25, -0.2) is 4.21 Å². The molecule has 0 saturated carbocycles. The maximum atomic E-state index is 11.1. The van der Waals surface area contributed by atoms with E-state index in [9.17, 15) is 4.21 Å². The number of hydrogen-bond acceptors (Lipinski definition) is 2. The minimum Gasteiger partial charge on any atom is -0.382 e. The molecule has 0 amide bonds. The fourth-order valence-electron chi connectivity index (χ4n) is 1.22. The summed E-state index contributed by atoms with van der Waals surface area (Å²) in [6, 6.07) is 5.71. The quantitative estimate of drug-likeness (QED) is 0.640. The van der Waals surface area contributed by atoms with E-state index in [2.05, 4.69) is 9.12 Å². The molecule has 5 heteroatoms. The first kappa shape index (κ1) is 8.25. The van der Waals surface area contributed by atoms with Crippen LogP contribution in [0.25, 0.3) is 0 Å². The van der Waals surface area contributed by atoms with Gasteiger partial charge in [0.25, 0.3) is 0 Å². The Morgan fingerprint density at radius 3 is 3.08 bits per heavy atom. The van der Waals surface area contributed by atoms with E-state index in [0.29, 0.717) is 5.84 Å². The molecule has 0 radical (unpaired) electrons. The van der Waals surface area contributed by atoms with Gasteiger partial charge in [0.2, 0.25) is 11.2 Å². The van der Waals surface area contributed by atoms with Crippen LogP contribution in [0.15, 0.2) is 22.6 Å². The molecule has 1 aromatic rings. The lowest BCUT2D eigenvalue weighted by Crippen LogP contribution is -2.22. The number of rotatable bonds is 0. The highest BCUT2D eigenvalue weighted by Gasteiger charge is 2.14. The van der Waals surface area contributed by atoms with Crippen molar-refractivity contribution in [1.29, 1.82) is 0 Å². The molecule has 1 atom stereocenters. The molecule has 1 unspecified atom stereocenters. The van der Waals surface area contributed by atoms with E-state index >= 15 is 0 Å². The largest absolute Gasteiger partial charge is 0.382 e. The third kappa shape index (κ3) is 1.42. The molecule has 0 bridgehead atoms. The van der Waals surface area contributed by atoms with E-state index in [1.165, 1.54) is 0 Å². The molecule has 0 aliphatic carbocycles. The van der Waals surface area contributed by atoms with Crippen LogP contribution >= 0.6 is 0 Å². The fraction of sp³-hybridized carbons (Fsp3) is 0.125. The zero-order chi connectivity index (χ0) is 9.42. The van der Waals surface area contributed by atoms with Crippen LogP contribution in [-0.2, 0) is 11.2 Å². The Morgan fingerprint density at radius 2 is 2.31 bits per heavy atom. The van der Waals surface area contributed by atoms with Gasteiger partial charge in [0.15, 0.2) is 0 Å². The van der Waals surface area contributed by atoms with Crippen LogP contribution in [0.5, 0.6) is 0 Å². The molecule has 1 heterocycles. The molecule has 1 aliphatic rings. The minimum absolute atomic E-state index is 0.326. The lowest BCUT2D eigenvalue weighted by atomic mass is 10.1. The van der Waals surface area contributed by atoms with Gasteiger partial charge >= 0.3 is 0 Å². The second-order valence-corrected chi connectivity index (χ2v) is 3.76. The lowest BCUT2D eigenvalue weighted by molar-refractivity contribution is 0.687.